The van der Waals surface area contributed by atoms with Crippen LogP contribution in [0.4, 0.5) is 11.5 Å². The third-order valence-corrected chi connectivity index (χ3v) is 5.73. The Labute approximate surface area is 155 Å². The average molecular weight is 388 g/mol. The smallest absolute Gasteiger partial charge is 0.262 e. The number of sulfonamides is 1. The fourth-order valence-electron chi connectivity index (χ4n) is 2.46. The summed E-state index contributed by atoms with van der Waals surface area (Å²) >= 11 is 6.04. The molecule has 9 heteroatoms. The number of nitrogen functional groups attached to an aromatic ring is 1. The van der Waals surface area contributed by atoms with E-state index in [9.17, 15) is 8.42 Å². The standard InChI is InChI=1S/C17H14ClN5O2S/c1-11-13(18)5-4-8-16(11)26(24,25)22-14-6-2-3-7-15(14)23-17(20)12(9-19)10-21-23/h2-8,10,22H,20H2,1H3. The number of halogens is 1. The zero-order valence-corrected chi connectivity index (χ0v) is 15.2. The number of hydrogen-bond acceptors (Lipinski definition) is 5. The highest BCUT2D eigenvalue weighted by Crippen LogP contribution is 2.28. The predicted octanol–water partition coefficient (Wildman–Crippen LogP) is 3.09. The fraction of sp³-hybridized carbons (Fsp3) is 0.0588. The van der Waals surface area contributed by atoms with Crippen LogP contribution >= 0.6 is 11.6 Å². The van der Waals surface area contributed by atoms with E-state index in [2.05, 4.69) is 9.82 Å². The van der Waals surface area contributed by atoms with Crippen LogP contribution in [-0.4, -0.2) is 18.2 Å². The molecule has 0 aliphatic carbocycles. The van der Waals surface area contributed by atoms with E-state index in [1.165, 1.54) is 16.9 Å². The minimum Gasteiger partial charge on any atom is -0.382 e. The van der Waals surface area contributed by atoms with Gasteiger partial charge in [-0.3, -0.25) is 4.72 Å². The summed E-state index contributed by atoms with van der Waals surface area (Å²) in [5.74, 6) is 0.123. The van der Waals surface area contributed by atoms with E-state index in [1.54, 1.807) is 43.3 Å². The van der Waals surface area contributed by atoms with Crippen LogP contribution in [0.5, 0.6) is 0 Å². The number of rotatable bonds is 4. The number of nitrogens with one attached hydrogen (secondary N) is 1. The van der Waals surface area contributed by atoms with Crippen LogP contribution in [0.1, 0.15) is 11.1 Å². The summed E-state index contributed by atoms with van der Waals surface area (Å²) < 4.78 is 29.5. The Morgan fingerprint density at radius 2 is 1.96 bits per heavy atom. The second kappa shape index (κ2) is 6.71. The maximum absolute atomic E-state index is 12.8. The van der Waals surface area contributed by atoms with Gasteiger partial charge in [0.05, 0.1) is 22.5 Å². The number of hydrogen-bond donors (Lipinski definition) is 2. The SMILES string of the molecule is Cc1c(Cl)cccc1S(=O)(=O)Nc1ccccc1-n1ncc(C#N)c1N. The zero-order valence-electron chi connectivity index (χ0n) is 13.6. The van der Waals surface area contributed by atoms with Crippen LogP contribution in [0.25, 0.3) is 5.69 Å². The monoisotopic (exact) mass is 387 g/mol. The molecule has 132 valence electrons. The lowest BCUT2D eigenvalue weighted by molar-refractivity contribution is 0.600. The van der Waals surface area contributed by atoms with Crippen molar-refractivity contribution >= 4 is 33.1 Å². The normalized spacial score (nSPS) is 11.1. The molecule has 0 unspecified atom stereocenters. The highest BCUT2D eigenvalue weighted by Gasteiger charge is 2.21. The minimum atomic E-state index is -3.89. The molecule has 0 saturated carbocycles. The first-order valence-corrected chi connectivity index (χ1v) is 9.32. The van der Waals surface area contributed by atoms with Gasteiger partial charge in [-0.25, -0.2) is 13.1 Å². The van der Waals surface area contributed by atoms with Gasteiger partial charge in [0.15, 0.2) is 0 Å². The Balaban J connectivity index is 2.08. The molecule has 3 rings (SSSR count). The van der Waals surface area contributed by atoms with Gasteiger partial charge in [0.2, 0.25) is 0 Å². The molecule has 2 aromatic carbocycles. The maximum atomic E-state index is 12.8. The molecular formula is C17H14ClN5O2S. The summed E-state index contributed by atoms with van der Waals surface area (Å²) in [5, 5.41) is 13.5. The molecule has 0 atom stereocenters. The molecule has 0 spiro atoms. The number of para-hydroxylation sites is 2. The van der Waals surface area contributed by atoms with Crippen molar-refractivity contribution in [2.45, 2.75) is 11.8 Å². The van der Waals surface area contributed by atoms with Crippen LogP contribution in [0.2, 0.25) is 5.02 Å². The van der Waals surface area contributed by atoms with E-state index >= 15 is 0 Å². The molecule has 0 fully saturated rings. The van der Waals surface area contributed by atoms with Gasteiger partial charge in [-0.15, -0.1) is 0 Å². The Kier molecular flexibility index (Phi) is 4.59. The van der Waals surface area contributed by atoms with Crippen molar-refractivity contribution in [1.82, 2.24) is 9.78 Å². The summed E-state index contributed by atoms with van der Waals surface area (Å²) in [6.07, 6.45) is 1.32. The Morgan fingerprint density at radius 1 is 1.23 bits per heavy atom. The van der Waals surface area contributed by atoms with Crippen molar-refractivity contribution in [1.29, 1.82) is 5.26 Å². The molecule has 3 N–H and O–H groups in total. The highest BCUT2D eigenvalue weighted by molar-refractivity contribution is 7.92. The van der Waals surface area contributed by atoms with Gasteiger partial charge < -0.3 is 5.73 Å². The van der Waals surface area contributed by atoms with Gasteiger partial charge in [-0.05, 0) is 36.8 Å². The van der Waals surface area contributed by atoms with Gasteiger partial charge in [-0.2, -0.15) is 10.4 Å². The summed E-state index contributed by atoms with van der Waals surface area (Å²) in [6.45, 7) is 1.63. The van der Waals surface area contributed by atoms with Crippen molar-refractivity contribution in [3.63, 3.8) is 0 Å². The van der Waals surface area contributed by atoms with Crippen LogP contribution in [0.3, 0.4) is 0 Å². The van der Waals surface area contributed by atoms with E-state index < -0.39 is 10.0 Å². The molecule has 7 nitrogen and oxygen atoms in total. The predicted molar refractivity (Wildman–Crippen MR) is 99.7 cm³/mol. The van der Waals surface area contributed by atoms with Crippen LogP contribution in [-0.2, 0) is 10.0 Å². The van der Waals surface area contributed by atoms with E-state index in [0.29, 0.717) is 16.3 Å². The van der Waals surface area contributed by atoms with E-state index in [0.717, 1.165) is 0 Å². The first-order valence-electron chi connectivity index (χ1n) is 7.46. The lowest BCUT2D eigenvalue weighted by Crippen LogP contribution is -2.16. The number of benzene rings is 2. The minimum absolute atomic E-state index is 0.0750. The molecule has 3 aromatic rings. The molecule has 0 radical (unpaired) electrons. The Bertz CT molecular complexity index is 1130. The molecule has 0 saturated heterocycles. The third-order valence-electron chi connectivity index (χ3n) is 3.81. The summed E-state index contributed by atoms with van der Waals surface area (Å²) in [5.41, 5.74) is 7.24. The van der Waals surface area contributed by atoms with Gasteiger partial charge in [0.25, 0.3) is 10.0 Å². The van der Waals surface area contributed by atoms with Crippen LogP contribution in [0.15, 0.2) is 53.6 Å². The Morgan fingerprint density at radius 3 is 2.65 bits per heavy atom. The summed E-state index contributed by atoms with van der Waals surface area (Å²) in [4.78, 5) is 0.0750. The molecule has 1 aromatic heterocycles. The summed E-state index contributed by atoms with van der Waals surface area (Å²) in [7, 11) is -3.89. The molecule has 0 bridgehead atoms. The lowest BCUT2D eigenvalue weighted by atomic mass is 10.2. The van der Waals surface area contributed by atoms with E-state index in [-0.39, 0.29) is 22.0 Å². The zero-order chi connectivity index (χ0) is 18.9. The quantitative estimate of drug-likeness (QED) is 0.713. The van der Waals surface area contributed by atoms with Gasteiger partial charge in [0.1, 0.15) is 17.5 Å². The maximum Gasteiger partial charge on any atom is 0.262 e. The van der Waals surface area contributed by atoms with Crippen molar-refractivity contribution in [2.75, 3.05) is 10.5 Å². The largest absolute Gasteiger partial charge is 0.382 e. The van der Waals surface area contributed by atoms with E-state index in [1.807, 2.05) is 6.07 Å². The third kappa shape index (κ3) is 3.10. The number of anilines is 2. The van der Waals surface area contributed by atoms with Crippen molar-refractivity contribution in [3.05, 3.63) is 64.8 Å². The lowest BCUT2D eigenvalue weighted by Gasteiger charge is -2.15. The van der Waals surface area contributed by atoms with Crippen LogP contribution in [0, 0.1) is 18.3 Å². The number of nitrogens with zero attached hydrogens (tertiary/aromatic N) is 3. The Hall–Kier alpha value is -3.02. The number of nitriles is 1. The second-order valence-electron chi connectivity index (χ2n) is 5.45. The van der Waals surface area contributed by atoms with Crippen molar-refractivity contribution in [3.8, 4) is 11.8 Å². The first-order chi connectivity index (χ1) is 12.3. The van der Waals surface area contributed by atoms with Crippen molar-refractivity contribution < 1.29 is 8.42 Å². The second-order valence-corrected chi connectivity index (χ2v) is 7.51. The molecule has 1 heterocycles. The van der Waals surface area contributed by atoms with Crippen LogP contribution < -0.4 is 10.5 Å². The molecule has 26 heavy (non-hydrogen) atoms. The fourth-order valence-corrected chi connectivity index (χ4v) is 4.03. The highest BCUT2D eigenvalue weighted by atomic mass is 35.5. The number of nitrogens with two attached hydrogens (primary N) is 1. The molecular weight excluding hydrogens is 374 g/mol. The molecule has 0 aliphatic rings. The molecule has 0 amide bonds. The molecule has 0 aliphatic heterocycles. The van der Waals surface area contributed by atoms with Gasteiger partial charge in [-0.1, -0.05) is 29.8 Å². The van der Waals surface area contributed by atoms with Gasteiger partial charge in [0, 0.05) is 5.02 Å². The van der Waals surface area contributed by atoms with Crippen molar-refractivity contribution in [2.24, 2.45) is 0 Å². The van der Waals surface area contributed by atoms with Gasteiger partial charge >= 0.3 is 0 Å². The summed E-state index contributed by atoms with van der Waals surface area (Å²) in [6, 6.07) is 13.2. The number of aromatic nitrogens is 2. The topological polar surface area (TPSA) is 114 Å². The first kappa shape index (κ1) is 17.8. The van der Waals surface area contributed by atoms with E-state index in [4.69, 9.17) is 22.6 Å². The average Bonchev–Trinajstić information content (AvgIpc) is 2.98.